The molecule has 0 radical (unpaired) electrons. The van der Waals surface area contributed by atoms with Crippen molar-refractivity contribution in [2.24, 2.45) is 0 Å². The Hall–Kier alpha value is -1.93. The number of imidazole rings is 1. The Balaban J connectivity index is 1.61. The standard InChI is InChI=1S/C17H19N3O3S2/c1-3-23-16(22)9-15-20(14(21)10-25-15)6-7-24-17-18-12-5-4-11(2)8-13(12)19-17/h4-5,8-9H,3,6-7,10H2,1-2H3,(H,18,19). The van der Waals surface area contributed by atoms with Crippen molar-refractivity contribution in [3.8, 4) is 0 Å². The SMILES string of the molecule is CCOC(=O)C=C1SCC(=O)N1CCSc1nc2ccc(C)cc2[nH]1. The van der Waals surface area contributed by atoms with Crippen LogP contribution in [0.5, 0.6) is 0 Å². The molecule has 6 nitrogen and oxygen atoms in total. The van der Waals surface area contributed by atoms with Crippen LogP contribution in [0.15, 0.2) is 34.5 Å². The van der Waals surface area contributed by atoms with Crippen molar-refractivity contribution < 1.29 is 14.3 Å². The molecule has 2 aromatic rings. The molecule has 1 N–H and O–H groups in total. The number of carbonyl (C=O) groups is 2. The number of thioether (sulfide) groups is 2. The van der Waals surface area contributed by atoms with Gasteiger partial charge in [-0.1, -0.05) is 29.6 Å². The van der Waals surface area contributed by atoms with Crippen molar-refractivity contribution in [1.29, 1.82) is 0 Å². The fourth-order valence-electron chi connectivity index (χ4n) is 2.46. The molecule has 0 atom stereocenters. The average molecular weight is 377 g/mol. The van der Waals surface area contributed by atoms with E-state index in [1.54, 1.807) is 23.6 Å². The van der Waals surface area contributed by atoms with Gasteiger partial charge in [-0.2, -0.15) is 0 Å². The first-order valence-electron chi connectivity index (χ1n) is 7.97. The van der Waals surface area contributed by atoms with Crippen molar-refractivity contribution >= 4 is 46.4 Å². The highest BCUT2D eigenvalue weighted by molar-refractivity contribution is 8.04. The van der Waals surface area contributed by atoms with Gasteiger partial charge in [0.05, 0.1) is 34.5 Å². The molecule has 0 saturated carbocycles. The van der Waals surface area contributed by atoms with Crippen molar-refractivity contribution in [2.75, 3.05) is 24.7 Å². The molecule has 132 valence electrons. The number of hydrogen-bond acceptors (Lipinski definition) is 6. The number of rotatable bonds is 6. The van der Waals surface area contributed by atoms with Gasteiger partial charge in [-0.05, 0) is 31.5 Å². The maximum atomic E-state index is 12.0. The molecule has 1 saturated heterocycles. The maximum Gasteiger partial charge on any atom is 0.333 e. The molecule has 8 heteroatoms. The second-order valence-corrected chi connectivity index (χ2v) is 7.56. The van der Waals surface area contributed by atoms with E-state index < -0.39 is 5.97 Å². The highest BCUT2D eigenvalue weighted by atomic mass is 32.2. The number of fused-ring (bicyclic) bond motifs is 1. The first kappa shape index (κ1) is 17.9. The number of hydrogen-bond donors (Lipinski definition) is 1. The lowest BCUT2D eigenvalue weighted by Crippen LogP contribution is -2.27. The number of ether oxygens (including phenoxy) is 1. The van der Waals surface area contributed by atoms with Gasteiger partial charge in [0, 0.05) is 12.3 Å². The molecule has 25 heavy (non-hydrogen) atoms. The van der Waals surface area contributed by atoms with Crippen LogP contribution < -0.4 is 0 Å². The zero-order valence-electron chi connectivity index (χ0n) is 14.1. The Morgan fingerprint density at radius 1 is 1.52 bits per heavy atom. The van der Waals surface area contributed by atoms with Crippen LogP contribution in [0, 0.1) is 6.92 Å². The summed E-state index contributed by atoms with van der Waals surface area (Å²) in [5, 5.41) is 1.49. The fraction of sp³-hybridized carbons (Fsp3) is 0.353. The van der Waals surface area contributed by atoms with E-state index in [0.29, 0.717) is 29.7 Å². The number of aromatic amines is 1. The van der Waals surface area contributed by atoms with Gasteiger partial charge in [0.1, 0.15) is 0 Å². The summed E-state index contributed by atoms with van der Waals surface area (Å²) in [7, 11) is 0. The Labute approximate surface area is 154 Å². The Morgan fingerprint density at radius 3 is 3.16 bits per heavy atom. The first-order chi connectivity index (χ1) is 12.1. The number of nitrogens with zero attached hydrogens (tertiary/aromatic N) is 2. The Morgan fingerprint density at radius 2 is 2.36 bits per heavy atom. The van der Waals surface area contributed by atoms with Gasteiger partial charge in [-0.15, -0.1) is 0 Å². The zero-order chi connectivity index (χ0) is 17.8. The smallest absolute Gasteiger partial charge is 0.333 e. The lowest BCUT2D eigenvalue weighted by molar-refractivity contribution is -0.137. The van der Waals surface area contributed by atoms with E-state index in [2.05, 4.69) is 16.0 Å². The van der Waals surface area contributed by atoms with Gasteiger partial charge >= 0.3 is 5.97 Å². The molecule has 0 spiro atoms. The minimum absolute atomic E-state index is 0.0152. The van der Waals surface area contributed by atoms with Gasteiger partial charge < -0.3 is 14.6 Å². The van der Waals surface area contributed by atoms with E-state index in [9.17, 15) is 9.59 Å². The predicted molar refractivity (Wildman–Crippen MR) is 100 cm³/mol. The molecular formula is C17H19N3O3S2. The summed E-state index contributed by atoms with van der Waals surface area (Å²) >= 11 is 2.93. The van der Waals surface area contributed by atoms with E-state index in [1.807, 2.05) is 19.1 Å². The zero-order valence-corrected chi connectivity index (χ0v) is 15.7. The quantitative estimate of drug-likeness (QED) is 0.474. The summed E-state index contributed by atoms with van der Waals surface area (Å²) in [4.78, 5) is 33.1. The minimum atomic E-state index is -0.412. The van der Waals surface area contributed by atoms with E-state index in [-0.39, 0.29) is 5.91 Å². The van der Waals surface area contributed by atoms with E-state index in [1.165, 1.54) is 23.4 Å². The van der Waals surface area contributed by atoms with Crippen LogP contribution in [0.4, 0.5) is 0 Å². The monoisotopic (exact) mass is 377 g/mol. The largest absolute Gasteiger partial charge is 0.463 e. The van der Waals surface area contributed by atoms with Crippen LogP contribution in [0.25, 0.3) is 11.0 Å². The van der Waals surface area contributed by atoms with E-state index in [4.69, 9.17) is 4.74 Å². The lowest BCUT2D eigenvalue weighted by Gasteiger charge is -2.16. The van der Waals surface area contributed by atoms with Gasteiger partial charge in [-0.25, -0.2) is 9.78 Å². The lowest BCUT2D eigenvalue weighted by atomic mass is 10.2. The van der Waals surface area contributed by atoms with Crippen molar-refractivity contribution in [1.82, 2.24) is 14.9 Å². The topological polar surface area (TPSA) is 75.3 Å². The summed E-state index contributed by atoms with van der Waals surface area (Å²) < 4.78 is 4.92. The molecule has 0 bridgehead atoms. The van der Waals surface area contributed by atoms with Crippen molar-refractivity contribution in [3.05, 3.63) is 34.9 Å². The molecule has 0 aliphatic carbocycles. The van der Waals surface area contributed by atoms with E-state index >= 15 is 0 Å². The Bertz CT molecular complexity index is 832. The third-order valence-corrected chi connectivity index (χ3v) is 5.49. The number of amides is 1. The second kappa shape index (κ2) is 7.97. The van der Waals surface area contributed by atoms with Crippen LogP contribution in [0.1, 0.15) is 12.5 Å². The molecule has 1 aliphatic heterocycles. The van der Waals surface area contributed by atoms with Crippen LogP contribution in [-0.2, 0) is 14.3 Å². The predicted octanol–water partition coefficient (Wildman–Crippen LogP) is 2.94. The number of benzene rings is 1. The van der Waals surface area contributed by atoms with Gasteiger partial charge in [-0.3, -0.25) is 4.79 Å². The average Bonchev–Trinajstić information content (AvgIpc) is 3.12. The summed E-state index contributed by atoms with van der Waals surface area (Å²) in [6, 6.07) is 6.09. The fourth-order valence-corrected chi connectivity index (χ4v) is 4.22. The first-order valence-corrected chi connectivity index (χ1v) is 9.94. The second-order valence-electron chi connectivity index (χ2n) is 5.48. The van der Waals surface area contributed by atoms with Crippen molar-refractivity contribution in [2.45, 2.75) is 19.0 Å². The molecule has 1 aromatic heterocycles. The highest BCUT2D eigenvalue weighted by Gasteiger charge is 2.27. The number of esters is 1. The van der Waals surface area contributed by atoms with Crippen LogP contribution in [-0.4, -0.2) is 51.4 Å². The number of aromatic nitrogens is 2. The molecule has 1 fully saturated rings. The molecule has 1 aromatic carbocycles. The van der Waals surface area contributed by atoms with Gasteiger partial charge in [0.15, 0.2) is 5.16 Å². The Kier molecular flexibility index (Phi) is 5.70. The molecule has 3 rings (SSSR count). The summed E-state index contributed by atoms with van der Waals surface area (Å²) in [5.41, 5.74) is 3.13. The van der Waals surface area contributed by atoms with Crippen LogP contribution >= 0.6 is 23.5 Å². The maximum absolute atomic E-state index is 12.0. The summed E-state index contributed by atoms with van der Waals surface area (Å²) in [5.74, 6) is 0.650. The molecular weight excluding hydrogens is 358 g/mol. The summed E-state index contributed by atoms with van der Waals surface area (Å²) in [6.45, 7) is 4.65. The molecule has 0 unspecified atom stereocenters. The highest BCUT2D eigenvalue weighted by Crippen LogP contribution is 2.29. The van der Waals surface area contributed by atoms with E-state index in [0.717, 1.165) is 16.2 Å². The molecule has 1 amide bonds. The van der Waals surface area contributed by atoms with Crippen LogP contribution in [0.2, 0.25) is 0 Å². The van der Waals surface area contributed by atoms with Crippen molar-refractivity contribution in [3.63, 3.8) is 0 Å². The molecule has 2 heterocycles. The number of aryl methyl sites for hydroxylation is 1. The van der Waals surface area contributed by atoms with Crippen LogP contribution in [0.3, 0.4) is 0 Å². The minimum Gasteiger partial charge on any atom is -0.463 e. The third-order valence-electron chi connectivity index (χ3n) is 3.61. The third kappa shape index (κ3) is 4.38. The number of H-pyrrole nitrogens is 1. The normalized spacial score (nSPS) is 16.2. The van der Waals surface area contributed by atoms with Gasteiger partial charge in [0.25, 0.3) is 0 Å². The number of carbonyl (C=O) groups excluding carboxylic acids is 2. The summed E-state index contributed by atoms with van der Waals surface area (Å²) in [6.07, 6.45) is 1.40. The molecule has 1 aliphatic rings. The van der Waals surface area contributed by atoms with Gasteiger partial charge in [0.2, 0.25) is 5.91 Å². The number of nitrogens with one attached hydrogen (secondary N) is 1.